The fraction of sp³-hybridized carbons (Fsp3) is 0.647. The van der Waals surface area contributed by atoms with Crippen LogP contribution in [0.5, 0.6) is 5.75 Å². The van der Waals surface area contributed by atoms with Crippen LogP contribution in [0.25, 0.3) is 0 Å². The maximum Gasteiger partial charge on any atom is 0.125 e. The van der Waals surface area contributed by atoms with Gasteiger partial charge in [0.05, 0.1) is 38.6 Å². The molecule has 0 radical (unpaired) electrons. The number of hydrogen-bond donors (Lipinski definition) is 1. The van der Waals surface area contributed by atoms with Crippen molar-refractivity contribution in [2.45, 2.75) is 39.2 Å². The normalized spacial score (nSPS) is 18.9. The zero-order valence-corrected chi connectivity index (χ0v) is 13.7. The van der Waals surface area contributed by atoms with E-state index in [4.69, 9.17) is 14.2 Å². The predicted molar refractivity (Wildman–Crippen MR) is 85.0 cm³/mol. The summed E-state index contributed by atoms with van der Waals surface area (Å²) in [6.45, 7) is 7.61. The second-order valence-corrected chi connectivity index (χ2v) is 6.03. The van der Waals surface area contributed by atoms with E-state index in [-0.39, 0.29) is 18.8 Å². The summed E-state index contributed by atoms with van der Waals surface area (Å²) in [6, 6.07) is 5.99. The molecule has 1 N–H and O–H groups in total. The highest BCUT2D eigenvalue weighted by molar-refractivity contribution is 5.37. The third-order valence-corrected chi connectivity index (χ3v) is 3.51. The first kappa shape index (κ1) is 17.2. The average Bonchev–Trinajstić information content (AvgIpc) is 2.49. The monoisotopic (exact) mass is 309 g/mol. The summed E-state index contributed by atoms with van der Waals surface area (Å²) in [4.78, 5) is 2.21. The van der Waals surface area contributed by atoms with Crippen molar-refractivity contribution in [3.63, 3.8) is 0 Å². The number of ether oxygens (including phenoxy) is 3. The van der Waals surface area contributed by atoms with Gasteiger partial charge in [-0.05, 0) is 38.6 Å². The van der Waals surface area contributed by atoms with Crippen molar-refractivity contribution in [2.24, 2.45) is 0 Å². The summed E-state index contributed by atoms with van der Waals surface area (Å²) in [7, 11) is 2.06. The van der Waals surface area contributed by atoms with Crippen molar-refractivity contribution >= 4 is 0 Å². The van der Waals surface area contributed by atoms with Crippen LogP contribution in [0, 0.1) is 0 Å². The van der Waals surface area contributed by atoms with Gasteiger partial charge in [0.15, 0.2) is 0 Å². The molecule has 1 aromatic carbocycles. The lowest BCUT2D eigenvalue weighted by Gasteiger charge is -2.27. The summed E-state index contributed by atoms with van der Waals surface area (Å²) < 4.78 is 16.8. The Kier molecular flexibility index (Phi) is 6.64. The summed E-state index contributed by atoms with van der Waals surface area (Å²) in [5, 5.41) is 9.52. The van der Waals surface area contributed by atoms with Gasteiger partial charge in [-0.2, -0.15) is 0 Å². The minimum atomic E-state index is -0.0147. The van der Waals surface area contributed by atoms with Crippen LogP contribution in [0.2, 0.25) is 0 Å². The minimum absolute atomic E-state index is 0.0147. The Bertz CT molecular complexity index is 458. The molecular weight excluding hydrogens is 282 g/mol. The van der Waals surface area contributed by atoms with E-state index in [2.05, 4.69) is 11.9 Å². The molecule has 1 aliphatic rings. The zero-order valence-electron chi connectivity index (χ0n) is 13.7. The molecule has 1 aromatic rings. The van der Waals surface area contributed by atoms with Crippen LogP contribution in [-0.4, -0.2) is 55.6 Å². The Morgan fingerprint density at radius 1 is 1.36 bits per heavy atom. The number of hydrogen-bond acceptors (Lipinski definition) is 5. The van der Waals surface area contributed by atoms with Gasteiger partial charge in [-0.1, -0.05) is 6.07 Å². The lowest BCUT2D eigenvalue weighted by molar-refractivity contribution is -0.0962. The Balaban J connectivity index is 1.93. The van der Waals surface area contributed by atoms with E-state index < -0.39 is 0 Å². The van der Waals surface area contributed by atoms with Gasteiger partial charge < -0.3 is 19.3 Å². The van der Waals surface area contributed by atoms with E-state index in [1.54, 1.807) is 0 Å². The molecule has 0 aliphatic carbocycles. The first-order valence-corrected chi connectivity index (χ1v) is 7.85. The molecule has 1 heterocycles. The predicted octanol–water partition coefficient (Wildman–Crippen LogP) is 1.81. The molecule has 0 bridgehead atoms. The first-order valence-electron chi connectivity index (χ1n) is 7.85. The molecule has 1 saturated heterocycles. The van der Waals surface area contributed by atoms with Gasteiger partial charge in [-0.25, -0.2) is 0 Å². The standard InChI is InChI=1S/C17H27NO4/c1-13(2)22-17-5-4-14(8-15(17)11-19)9-18(3)10-16-12-20-6-7-21-16/h4-5,8,13,16,19H,6-7,9-12H2,1-3H3/t16-/m1/s1. The van der Waals surface area contributed by atoms with E-state index in [0.29, 0.717) is 19.8 Å². The van der Waals surface area contributed by atoms with Crippen molar-refractivity contribution < 1.29 is 19.3 Å². The van der Waals surface area contributed by atoms with Crippen molar-refractivity contribution in [3.05, 3.63) is 29.3 Å². The fourth-order valence-electron chi connectivity index (χ4n) is 2.59. The molecule has 1 fully saturated rings. The highest BCUT2D eigenvalue weighted by Gasteiger charge is 2.16. The number of nitrogens with zero attached hydrogens (tertiary/aromatic N) is 1. The van der Waals surface area contributed by atoms with E-state index in [9.17, 15) is 5.11 Å². The van der Waals surface area contributed by atoms with Crippen LogP contribution in [-0.2, 0) is 22.6 Å². The lowest BCUT2D eigenvalue weighted by Crippen LogP contribution is -2.38. The summed E-state index contributed by atoms with van der Waals surface area (Å²) in [6.07, 6.45) is 0.238. The fourth-order valence-corrected chi connectivity index (χ4v) is 2.59. The number of aliphatic hydroxyl groups is 1. The number of likely N-dealkylation sites (N-methyl/N-ethyl adjacent to an activating group) is 1. The Morgan fingerprint density at radius 3 is 2.82 bits per heavy atom. The number of aliphatic hydroxyl groups excluding tert-OH is 1. The highest BCUT2D eigenvalue weighted by atomic mass is 16.6. The molecule has 5 heteroatoms. The molecule has 5 nitrogen and oxygen atoms in total. The number of rotatable bonds is 7. The van der Waals surface area contributed by atoms with Crippen molar-refractivity contribution in [3.8, 4) is 5.75 Å². The maximum atomic E-state index is 9.52. The maximum absolute atomic E-state index is 9.52. The van der Waals surface area contributed by atoms with Gasteiger partial charge in [0, 0.05) is 18.7 Å². The van der Waals surface area contributed by atoms with Gasteiger partial charge in [0.2, 0.25) is 0 Å². The van der Waals surface area contributed by atoms with Gasteiger partial charge in [0.1, 0.15) is 5.75 Å². The highest BCUT2D eigenvalue weighted by Crippen LogP contribution is 2.22. The molecule has 0 aromatic heterocycles. The molecule has 22 heavy (non-hydrogen) atoms. The lowest BCUT2D eigenvalue weighted by atomic mass is 10.1. The van der Waals surface area contributed by atoms with Gasteiger partial charge in [-0.15, -0.1) is 0 Å². The molecule has 0 spiro atoms. The van der Waals surface area contributed by atoms with Crippen molar-refractivity contribution in [1.82, 2.24) is 4.90 Å². The average molecular weight is 309 g/mol. The number of benzene rings is 1. The van der Waals surface area contributed by atoms with E-state index in [1.165, 1.54) is 0 Å². The Hall–Kier alpha value is -1.14. The molecule has 2 rings (SSSR count). The van der Waals surface area contributed by atoms with Gasteiger partial charge in [-0.3, -0.25) is 4.90 Å². The largest absolute Gasteiger partial charge is 0.491 e. The molecule has 1 aliphatic heterocycles. The Labute approximate surface area is 132 Å². The Morgan fingerprint density at radius 2 is 2.18 bits per heavy atom. The van der Waals surface area contributed by atoms with Crippen LogP contribution in [0.4, 0.5) is 0 Å². The molecule has 0 saturated carbocycles. The second kappa shape index (κ2) is 8.48. The van der Waals surface area contributed by atoms with Crippen LogP contribution in [0.15, 0.2) is 18.2 Å². The van der Waals surface area contributed by atoms with E-state index >= 15 is 0 Å². The quantitative estimate of drug-likeness (QED) is 0.832. The van der Waals surface area contributed by atoms with Gasteiger partial charge in [0.25, 0.3) is 0 Å². The van der Waals surface area contributed by atoms with Crippen LogP contribution < -0.4 is 4.74 Å². The van der Waals surface area contributed by atoms with E-state index in [0.717, 1.165) is 30.0 Å². The molecular formula is C17H27NO4. The van der Waals surface area contributed by atoms with Crippen LogP contribution in [0.3, 0.4) is 0 Å². The topological polar surface area (TPSA) is 51.2 Å². The molecule has 0 amide bonds. The SMILES string of the molecule is CC(C)Oc1ccc(CN(C)C[C@@H]2COCCO2)cc1CO. The second-order valence-electron chi connectivity index (χ2n) is 6.03. The van der Waals surface area contributed by atoms with Crippen molar-refractivity contribution in [2.75, 3.05) is 33.4 Å². The van der Waals surface area contributed by atoms with Crippen molar-refractivity contribution in [1.29, 1.82) is 0 Å². The minimum Gasteiger partial charge on any atom is -0.491 e. The third kappa shape index (κ3) is 5.25. The smallest absolute Gasteiger partial charge is 0.125 e. The summed E-state index contributed by atoms with van der Waals surface area (Å²) in [5.74, 6) is 0.757. The zero-order chi connectivity index (χ0) is 15.9. The summed E-state index contributed by atoms with van der Waals surface area (Å²) >= 11 is 0. The molecule has 124 valence electrons. The third-order valence-electron chi connectivity index (χ3n) is 3.51. The molecule has 1 atom stereocenters. The first-order chi connectivity index (χ1) is 10.6. The van der Waals surface area contributed by atoms with Crippen LogP contribution in [0.1, 0.15) is 25.0 Å². The van der Waals surface area contributed by atoms with Crippen LogP contribution >= 0.6 is 0 Å². The van der Waals surface area contributed by atoms with E-state index in [1.807, 2.05) is 32.0 Å². The summed E-state index contributed by atoms with van der Waals surface area (Å²) in [5.41, 5.74) is 1.98. The van der Waals surface area contributed by atoms with Gasteiger partial charge >= 0.3 is 0 Å². The molecule has 0 unspecified atom stereocenters.